The van der Waals surface area contributed by atoms with Gasteiger partial charge in [-0.15, -0.1) is 13.2 Å². The second-order valence-corrected chi connectivity index (χ2v) is 6.82. The number of nitrogens with zero attached hydrogens (tertiary/aromatic N) is 3. The Morgan fingerprint density at radius 2 is 1.96 bits per heavy atom. The Labute approximate surface area is 164 Å². The van der Waals surface area contributed by atoms with Crippen LogP contribution in [0.3, 0.4) is 0 Å². The summed E-state index contributed by atoms with van der Waals surface area (Å²) in [5, 5.41) is 2.75. The molecule has 2 aromatic rings. The zero-order valence-electron chi connectivity index (χ0n) is 15.0. The topological polar surface area (TPSA) is 67.4 Å². The molecule has 3 rings (SSSR count). The monoisotopic (exact) mass is 414 g/mol. The second-order valence-electron chi connectivity index (χ2n) is 6.42. The van der Waals surface area contributed by atoms with E-state index in [2.05, 4.69) is 24.9 Å². The molecule has 0 saturated carbocycles. The van der Waals surface area contributed by atoms with Gasteiger partial charge in [0.05, 0.1) is 10.7 Å². The number of halogens is 4. The highest BCUT2D eigenvalue weighted by Crippen LogP contribution is 2.33. The number of alkyl halides is 3. The maximum Gasteiger partial charge on any atom is 0.573 e. The van der Waals surface area contributed by atoms with E-state index in [1.54, 1.807) is 6.07 Å². The third-order valence-electron chi connectivity index (χ3n) is 4.33. The molecule has 6 nitrogen and oxygen atoms in total. The van der Waals surface area contributed by atoms with Gasteiger partial charge in [0.1, 0.15) is 17.9 Å². The molecule has 0 atom stereocenters. The average molecular weight is 415 g/mol. The Bertz CT molecular complexity index is 855. The predicted octanol–water partition coefficient (Wildman–Crippen LogP) is 3.80. The molecule has 0 aliphatic carbocycles. The summed E-state index contributed by atoms with van der Waals surface area (Å²) >= 11 is 5.92. The molecule has 1 aliphatic heterocycles. The van der Waals surface area contributed by atoms with Crippen LogP contribution in [0.2, 0.25) is 5.02 Å². The number of hydrogen-bond acceptors (Lipinski definition) is 5. The molecule has 10 heteroatoms. The van der Waals surface area contributed by atoms with Crippen molar-refractivity contribution in [2.24, 2.45) is 0 Å². The van der Waals surface area contributed by atoms with Gasteiger partial charge in [-0.3, -0.25) is 4.79 Å². The van der Waals surface area contributed by atoms with Crippen LogP contribution in [-0.4, -0.2) is 41.4 Å². The summed E-state index contributed by atoms with van der Waals surface area (Å²) in [7, 11) is 0. The molecule has 1 amide bonds. The third kappa shape index (κ3) is 5.25. The normalized spacial score (nSPS) is 15.4. The number of carbonyl (C=O) groups excluding carboxylic acids is 1. The number of nitrogens with one attached hydrogen (secondary N) is 1. The Morgan fingerprint density at radius 1 is 1.25 bits per heavy atom. The van der Waals surface area contributed by atoms with Crippen molar-refractivity contribution >= 4 is 23.3 Å². The highest BCUT2D eigenvalue weighted by Gasteiger charge is 2.32. The zero-order chi connectivity index (χ0) is 20.3. The van der Waals surface area contributed by atoms with E-state index in [0.717, 1.165) is 32.0 Å². The minimum atomic E-state index is -4.81. The van der Waals surface area contributed by atoms with Gasteiger partial charge in [0.15, 0.2) is 0 Å². The number of hydrogen-bond donors (Lipinski definition) is 1. The lowest BCUT2D eigenvalue weighted by Crippen LogP contribution is -2.44. The highest BCUT2D eigenvalue weighted by molar-refractivity contribution is 6.32. The summed E-state index contributed by atoms with van der Waals surface area (Å²) in [6.45, 7) is 2.94. The summed E-state index contributed by atoms with van der Waals surface area (Å²) in [5.41, 5.74) is 1.09. The van der Waals surface area contributed by atoms with Gasteiger partial charge >= 0.3 is 6.36 Å². The molecule has 2 heterocycles. The van der Waals surface area contributed by atoms with Crippen molar-refractivity contribution in [3.63, 3.8) is 0 Å². The fraction of sp³-hybridized carbons (Fsp3) is 0.389. The van der Waals surface area contributed by atoms with Crippen LogP contribution in [0.25, 0.3) is 11.3 Å². The van der Waals surface area contributed by atoms with Crippen LogP contribution < -0.4 is 15.0 Å². The van der Waals surface area contributed by atoms with E-state index in [1.165, 1.54) is 25.4 Å². The molecule has 1 aliphatic rings. The van der Waals surface area contributed by atoms with Crippen molar-refractivity contribution in [1.29, 1.82) is 0 Å². The van der Waals surface area contributed by atoms with Gasteiger partial charge in [-0.25, -0.2) is 9.97 Å². The maximum absolute atomic E-state index is 12.4. The molecular formula is C18H18ClF3N4O2. The smallest absolute Gasteiger partial charge is 0.404 e. The number of aromatic nitrogens is 2. The number of amides is 1. The van der Waals surface area contributed by atoms with E-state index in [4.69, 9.17) is 11.6 Å². The molecule has 28 heavy (non-hydrogen) atoms. The summed E-state index contributed by atoms with van der Waals surface area (Å²) in [6.07, 6.45) is -1.81. The Balaban J connectivity index is 1.73. The third-order valence-corrected chi connectivity index (χ3v) is 4.63. The van der Waals surface area contributed by atoms with Gasteiger partial charge in [0, 0.05) is 37.7 Å². The lowest BCUT2D eigenvalue weighted by atomic mass is 10.0. The Hall–Kier alpha value is -2.55. The number of carbonyl (C=O) groups is 1. The molecule has 1 N–H and O–H groups in total. The van der Waals surface area contributed by atoms with Crippen molar-refractivity contribution in [3.8, 4) is 17.0 Å². The molecule has 0 spiro atoms. The van der Waals surface area contributed by atoms with Gasteiger partial charge in [0.2, 0.25) is 5.91 Å². The van der Waals surface area contributed by atoms with Crippen molar-refractivity contribution < 1.29 is 22.7 Å². The first-order valence-corrected chi connectivity index (χ1v) is 8.99. The van der Waals surface area contributed by atoms with Crippen LogP contribution >= 0.6 is 11.6 Å². The van der Waals surface area contributed by atoms with Crippen LogP contribution in [-0.2, 0) is 4.79 Å². The van der Waals surface area contributed by atoms with Crippen molar-refractivity contribution in [1.82, 2.24) is 15.3 Å². The first-order chi connectivity index (χ1) is 13.2. The molecule has 1 aromatic carbocycles. The van der Waals surface area contributed by atoms with Gasteiger partial charge in [-0.05, 0) is 31.0 Å². The van der Waals surface area contributed by atoms with E-state index in [9.17, 15) is 18.0 Å². The number of benzene rings is 1. The summed E-state index contributed by atoms with van der Waals surface area (Å²) in [6, 6.07) is 5.90. The number of anilines is 1. The lowest BCUT2D eigenvalue weighted by Gasteiger charge is -2.33. The molecule has 1 saturated heterocycles. The molecule has 1 aromatic heterocycles. The minimum absolute atomic E-state index is 0.0439. The Kier molecular flexibility index (Phi) is 5.93. The standard InChI is InChI=1S/C18H18ClF3N4O2/c1-11(27)25-13-4-6-26(7-5-13)17-9-15(23-10-24-17)12-2-3-16(14(19)8-12)28-18(20,21)22/h2-3,8-10,13H,4-7H2,1H3,(H,25,27). The van der Waals surface area contributed by atoms with Crippen LogP contribution in [0, 0.1) is 0 Å². The summed E-state index contributed by atoms with van der Waals surface area (Å²) in [4.78, 5) is 21.7. The fourth-order valence-corrected chi connectivity index (χ4v) is 3.30. The molecule has 0 bridgehead atoms. The lowest BCUT2D eigenvalue weighted by molar-refractivity contribution is -0.274. The van der Waals surface area contributed by atoms with Crippen LogP contribution in [0.15, 0.2) is 30.6 Å². The van der Waals surface area contributed by atoms with Crippen molar-refractivity contribution in [2.75, 3.05) is 18.0 Å². The number of rotatable bonds is 4. The summed E-state index contributed by atoms with van der Waals surface area (Å²) in [5.74, 6) is 0.197. The molecule has 0 unspecified atom stereocenters. The quantitative estimate of drug-likeness (QED) is 0.824. The van der Waals surface area contributed by atoms with Gasteiger partial charge < -0.3 is 15.0 Å². The number of ether oxygens (including phenoxy) is 1. The van der Waals surface area contributed by atoms with Gasteiger partial charge in [0.25, 0.3) is 0 Å². The van der Waals surface area contributed by atoms with Crippen LogP contribution in [0.1, 0.15) is 19.8 Å². The second kappa shape index (κ2) is 8.22. The van der Waals surface area contributed by atoms with Crippen LogP contribution in [0.4, 0.5) is 19.0 Å². The van der Waals surface area contributed by atoms with E-state index in [0.29, 0.717) is 17.1 Å². The van der Waals surface area contributed by atoms with Gasteiger partial charge in [-0.2, -0.15) is 0 Å². The van der Waals surface area contributed by atoms with Crippen LogP contribution in [0.5, 0.6) is 5.75 Å². The molecule has 0 radical (unpaired) electrons. The Morgan fingerprint density at radius 3 is 2.57 bits per heavy atom. The molecule has 150 valence electrons. The largest absolute Gasteiger partial charge is 0.573 e. The van der Waals surface area contributed by atoms with E-state index in [-0.39, 0.29) is 17.0 Å². The first kappa shape index (κ1) is 20.2. The van der Waals surface area contributed by atoms with E-state index >= 15 is 0 Å². The zero-order valence-corrected chi connectivity index (χ0v) is 15.7. The predicted molar refractivity (Wildman–Crippen MR) is 98.2 cm³/mol. The number of piperidine rings is 1. The molecule has 1 fully saturated rings. The van der Waals surface area contributed by atoms with Crippen molar-refractivity contribution in [3.05, 3.63) is 35.6 Å². The van der Waals surface area contributed by atoms with E-state index < -0.39 is 12.1 Å². The first-order valence-electron chi connectivity index (χ1n) is 8.61. The van der Waals surface area contributed by atoms with E-state index in [1.807, 2.05) is 0 Å². The van der Waals surface area contributed by atoms with Crippen molar-refractivity contribution in [2.45, 2.75) is 32.2 Å². The maximum atomic E-state index is 12.4. The average Bonchev–Trinajstić information content (AvgIpc) is 2.63. The fourth-order valence-electron chi connectivity index (χ4n) is 3.09. The SMILES string of the molecule is CC(=O)NC1CCN(c2cc(-c3ccc(OC(F)(F)F)c(Cl)c3)ncn2)CC1. The molecular weight excluding hydrogens is 397 g/mol. The summed E-state index contributed by atoms with van der Waals surface area (Å²) < 4.78 is 41.0. The van der Waals surface area contributed by atoms with Gasteiger partial charge in [-0.1, -0.05) is 11.6 Å². The minimum Gasteiger partial charge on any atom is -0.404 e. The highest BCUT2D eigenvalue weighted by atomic mass is 35.5.